The second-order valence-corrected chi connectivity index (χ2v) is 2.53. The lowest BCUT2D eigenvalue weighted by atomic mass is 10.1. The van der Waals surface area contributed by atoms with Gasteiger partial charge in [-0.05, 0) is 18.1 Å². The molecule has 0 saturated heterocycles. The zero-order valence-corrected chi connectivity index (χ0v) is 6.76. The second kappa shape index (κ2) is 4.02. The molecule has 64 valence electrons. The van der Waals surface area contributed by atoms with Crippen LogP contribution < -0.4 is 0 Å². The number of aliphatic hydroxyl groups excluding tert-OH is 1. The Bertz CT molecular complexity index is 281. The molecule has 0 fully saturated rings. The fourth-order valence-corrected chi connectivity index (χ4v) is 1.02. The third-order valence-corrected chi connectivity index (χ3v) is 1.69. The van der Waals surface area contributed by atoms with Crippen molar-refractivity contribution in [2.24, 2.45) is 0 Å². The van der Waals surface area contributed by atoms with Crippen LogP contribution in [0.5, 0.6) is 0 Å². The van der Waals surface area contributed by atoms with Crippen LogP contribution in [0, 0.1) is 5.82 Å². The van der Waals surface area contributed by atoms with Crippen LogP contribution in [-0.2, 0) is 6.42 Å². The molecule has 0 aliphatic rings. The van der Waals surface area contributed by atoms with E-state index in [1.807, 2.05) is 0 Å². The van der Waals surface area contributed by atoms with Crippen LogP contribution >= 0.6 is 0 Å². The summed E-state index contributed by atoms with van der Waals surface area (Å²) in [4.78, 5) is 0. The number of aliphatic hydroxyl groups is 1. The van der Waals surface area contributed by atoms with Crippen LogP contribution in [-0.4, -0.2) is 11.7 Å². The van der Waals surface area contributed by atoms with E-state index in [-0.39, 0.29) is 12.4 Å². The zero-order valence-electron chi connectivity index (χ0n) is 6.76. The summed E-state index contributed by atoms with van der Waals surface area (Å²) in [5.74, 6) is -0.282. The molecule has 1 rings (SSSR count). The Morgan fingerprint density at radius 3 is 2.75 bits per heavy atom. The van der Waals surface area contributed by atoms with Crippen molar-refractivity contribution in [3.05, 3.63) is 41.7 Å². The first-order chi connectivity index (χ1) is 5.77. The van der Waals surface area contributed by atoms with Gasteiger partial charge in [0.25, 0.3) is 0 Å². The average Bonchev–Trinajstić information content (AvgIpc) is 2.05. The smallest absolute Gasteiger partial charge is 0.130 e. The van der Waals surface area contributed by atoms with Gasteiger partial charge in [-0.3, -0.25) is 0 Å². The number of benzene rings is 1. The molecule has 0 aromatic heterocycles. The Hall–Kier alpha value is -1.15. The van der Waals surface area contributed by atoms with Gasteiger partial charge < -0.3 is 5.11 Å². The summed E-state index contributed by atoms with van der Waals surface area (Å²) in [6.45, 7) is 3.53. The maximum Gasteiger partial charge on any atom is 0.130 e. The summed E-state index contributed by atoms with van der Waals surface area (Å²) in [6, 6.07) is 4.87. The van der Waals surface area contributed by atoms with Gasteiger partial charge in [0.1, 0.15) is 5.82 Å². The molecule has 0 atom stereocenters. The monoisotopic (exact) mass is 166 g/mol. The van der Waals surface area contributed by atoms with E-state index >= 15 is 0 Å². The minimum Gasteiger partial charge on any atom is -0.396 e. The first kappa shape index (κ1) is 8.94. The molecule has 0 heterocycles. The van der Waals surface area contributed by atoms with Crippen LogP contribution in [0.25, 0.3) is 6.08 Å². The van der Waals surface area contributed by atoms with Crippen molar-refractivity contribution in [1.82, 2.24) is 0 Å². The van der Waals surface area contributed by atoms with Crippen LogP contribution in [0.1, 0.15) is 11.1 Å². The normalized spacial score (nSPS) is 9.83. The number of hydrogen-bond acceptors (Lipinski definition) is 1. The van der Waals surface area contributed by atoms with Crippen molar-refractivity contribution in [2.75, 3.05) is 6.61 Å². The Kier molecular flexibility index (Phi) is 3.00. The first-order valence-corrected chi connectivity index (χ1v) is 3.79. The second-order valence-electron chi connectivity index (χ2n) is 2.53. The van der Waals surface area contributed by atoms with E-state index in [0.29, 0.717) is 12.0 Å². The molecular weight excluding hydrogens is 155 g/mol. The lowest BCUT2D eigenvalue weighted by Crippen LogP contribution is -1.92. The van der Waals surface area contributed by atoms with Gasteiger partial charge in [0.15, 0.2) is 0 Å². The molecule has 0 aliphatic carbocycles. The van der Waals surface area contributed by atoms with Crippen molar-refractivity contribution in [3.63, 3.8) is 0 Å². The molecular formula is C10H11FO. The van der Waals surface area contributed by atoms with E-state index in [4.69, 9.17) is 5.11 Å². The highest BCUT2D eigenvalue weighted by Gasteiger charge is 1.99. The van der Waals surface area contributed by atoms with Crippen LogP contribution in [0.3, 0.4) is 0 Å². The molecule has 0 bridgehead atoms. The van der Waals surface area contributed by atoms with Crippen LogP contribution in [0.15, 0.2) is 24.8 Å². The molecule has 1 nitrogen and oxygen atoms in total. The highest BCUT2D eigenvalue weighted by Crippen LogP contribution is 2.11. The Labute approximate surface area is 71.2 Å². The van der Waals surface area contributed by atoms with Crippen LogP contribution in [0.4, 0.5) is 4.39 Å². The summed E-state index contributed by atoms with van der Waals surface area (Å²) >= 11 is 0. The lowest BCUT2D eigenvalue weighted by molar-refractivity contribution is 0.299. The van der Waals surface area contributed by atoms with Gasteiger partial charge >= 0.3 is 0 Å². The summed E-state index contributed by atoms with van der Waals surface area (Å²) in [6.07, 6.45) is 1.96. The minimum absolute atomic E-state index is 0.0485. The van der Waals surface area contributed by atoms with Gasteiger partial charge in [-0.15, -0.1) is 0 Å². The standard InChI is InChI=1S/C10H11FO/c1-2-9-4-3-8(5-6-12)7-10(9)11/h2-4,7,12H,1,5-6H2. The fraction of sp³-hybridized carbons (Fsp3) is 0.200. The molecule has 0 unspecified atom stereocenters. The number of halogens is 1. The topological polar surface area (TPSA) is 20.2 Å². The van der Waals surface area contributed by atoms with E-state index in [9.17, 15) is 4.39 Å². The largest absolute Gasteiger partial charge is 0.396 e. The molecule has 1 aromatic rings. The van der Waals surface area contributed by atoms with Crippen molar-refractivity contribution in [2.45, 2.75) is 6.42 Å². The molecule has 0 spiro atoms. The van der Waals surface area contributed by atoms with Crippen molar-refractivity contribution >= 4 is 6.08 Å². The lowest BCUT2D eigenvalue weighted by Gasteiger charge is -2.00. The van der Waals surface area contributed by atoms with Gasteiger partial charge in [0.2, 0.25) is 0 Å². The Morgan fingerprint density at radius 1 is 1.50 bits per heavy atom. The molecule has 1 aromatic carbocycles. The van der Waals surface area contributed by atoms with Crippen molar-refractivity contribution < 1.29 is 9.50 Å². The quantitative estimate of drug-likeness (QED) is 0.728. The number of hydrogen-bond donors (Lipinski definition) is 1. The molecule has 0 aliphatic heterocycles. The molecule has 2 heteroatoms. The van der Waals surface area contributed by atoms with Gasteiger partial charge in [-0.2, -0.15) is 0 Å². The van der Waals surface area contributed by atoms with E-state index in [0.717, 1.165) is 5.56 Å². The predicted octanol–water partition coefficient (Wildman–Crippen LogP) is 2.00. The summed E-state index contributed by atoms with van der Waals surface area (Å²) in [7, 11) is 0. The van der Waals surface area contributed by atoms with Gasteiger partial charge in [-0.1, -0.05) is 24.8 Å². The number of rotatable bonds is 3. The summed E-state index contributed by atoms with van der Waals surface area (Å²) in [5.41, 5.74) is 1.30. The van der Waals surface area contributed by atoms with E-state index in [1.165, 1.54) is 12.1 Å². The van der Waals surface area contributed by atoms with Crippen molar-refractivity contribution in [3.8, 4) is 0 Å². The summed E-state index contributed by atoms with van der Waals surface area (Å²) in [5, 5.41) is 8.59. The predicted molar refractivity (Wildman–Crippen MR) is 47.3 cm³/mol. The Morgan fingerprint density at radius 2 is 2.25 bits per heavy atom. The first-order valence-electron chi connectivity index (χ1n) is 3.79. The molecule has 1 N–H and O–H groups in total. The molecule has 0 saturated carbocycles. The summed E-state index contributed by atoms with van der Waals surface area (Å²) < 4.78 is 13.0. The molecule has 12 heavy (non-hydrogen) atoms. The van der Waals surface area contributed by atoms with Crippen molar-refractivity contribution in [1.29, 1.82) is 0 Å². The van der Waals surface area contributed by atoms with E-state index in [2.05, 4.69) is 6.58 Å². The zero-order chi connectivity index (χ0) is 8.97. The van der Waals surface area contributed by atoms with Gasteiger partial charge in [0.05, 0.1) is 0 Å². The highest BCUT2D eigenvalue weighted by atomic mass is 19.1. The Balaban J connectivity index is 2.93. The van der Waals surface area contributed by atoms with Crippen LogP contribution in [0.2, 0.25) is 0 Å². The van der Waals surface area contributed by atoms with Gasteiger partial charge in [-0.25, -0.2) is 4.39 Å². The average molecular weight is 166 g/mol. The SMILES string of the molecule is C=Cc1ccc(CCO)cc1F. The molecule has 0 radical (unpaired) electrons. The maximum atomic E-state index is 13.0. The van der Waals surface area contributed by atoms with Gasteiger partial charge in [0, 0.05) is 12.2 Å². The minimum atomic E-state index is -0.282. The maximum absolute atomic E-state index is 13.0. The third-order valence-electron chi connectivity index (χ3n) is 1.69. The third kappa shape index (κ3) is 1.92. The highest BCUT2D eigenvalue weighted by molar-refractivity contribution is 5.48. The molecule has 0 amide bonds. The van der Waals surface area contributed by atoms with E-state index < -0.39 is 0 Å². The van der Waals surface area contributed by atoms with E-state index in [1.54, 1.807) is 12.1 Å². The fourth-order valence-electron chi connectivity index (χ4n) is 1.02.